The summed E-state index contributed by atoms with van der Waals surface area (Å²) in [5.74, 6) is 0.00506. The van der Waals surface area contributed by atoms with Gasteiger partial charge < -0.3 is 20.5 Å². The van der Waals surface area contributed by atoms with Gasteiger partial charge in [-0.2, -0.15) is 20.3 Å². The molecule has 1 aliphatic rings. The maximum atomic E-state index is 14.4. The molecule has 0 aliphatic carbocycles. The van der Waals surface area contributed by atoms with Crippen molar-refractivity contribution in [2.45, 2.75) is 38.8 Å². The minimum absolute atomic E-state index is 0.107. The van der Waals surface area contributed by atoms with Crippen LogP contribution in [0.1, 0.15) is 26.2 Å². The van der Waals surface area contributed by atoms with Crippen LogP contribution in [0.4, 0.5) is 21.8 Å². The normalized spacial score (nSPS) is 16.4. The molecule has 3 aromatic heterocycles. The van der Waals surface area contributed by atoms with E-state index in [1.54, 1.807) is 15.8 Å². The first-order chi connectivity index (χ1) is 14.6. The van der Waals surface area contributed by atoms with Crippen LogP contribution >= 0.6 is 0 Å². The number of nitrogens with zero attached hydrogens (tertiary/aromatic N) is 6. The Kier molecular flexibility index (Phi) is 5.47. The number of hydrogen-bond donors (Lipinski definition) is 3. The summed E-state index contributed by atoms with van der Waals surface area (Å²) >= 11 is 0. The van der Waals surface area contributed by atoms with Crippen molar-refractivity contribution in [2.75, 3.05) is 23.7 Å². The van der Waals surface area contributed by atoms with Gasteiger partial charge >= 0.3 is 0 Å². The molecule has 156 valence electrons. The summed E-state index contributed by atoms with van der Waals surface area (Å²) < 4.78 is 16.2. The Morgan fingerprint density at radius 1 is 1.47 bits per heavy atom. The summed E-state index contributed by atoms with van der Waals surface area (Å²) in [7, 11) is 0. The van der Waals surface area contributed by atoms with Gasteiger partial charge in [-0.3, -0.25) is 9.48 Å². The van der Waals surface area contributed by atoms with Gasteiger partial charge in [-0.15, -0.1) is 0 Å². The average molecular weight is 411 g/mol. The zero-order chi connectivity index (χ0) is 21.1. The molecule has 0 spiro atoms. The predicted molar refractivity (Wildman–Crippen MR) is 108 cm³/mol. The topological polar surface area (TPSA) is 128 Å². The third-order valence-electron chi connectivity index (χ3n) is 5.04. The number of aromatic amines is 1. The Labute approximate surface area is 172 Å². The minimum Gasteiger partial charge on any atom is -0.365 e. The van der Waals surface area contributed by atoms with E-state index < -0.39 is 5.82 Å². The van der Waals surface area contributed by atoms with E-state index in [-0.39, 0.29) is 23.8 Å². The molecule has 1 fully saturated rings. The van der Waals surface area contributed by atoms with E-state index in [1.165, 1.54) is 6.20 Å². The van der Waals surface area contributed by atoms with Crippen LogP contribution in [-0.4, -0.2) is 54.7 Å². The molecule has 0 saturated carbocycles. The van der Waals surface area contributed by atoms with Crippen LogP contribution in [0.5, 0.6) is 0 Å². The molecule has 4 heterocycles. The third kappa shape index (κ3) is 4.03. The second-order valence-electron chi connectivity index (χ2n) is 7.12. The average Bonchev–Trinajstić information content (AvgIpc) is 3.35. The summed E-state index contributed by atoms with van der Waals surface area (Å²) in [6, 6.07) is 1.79. The summed E-state index contributed by atoms with van der Waals surface area (Å²) in [6.07, 6.45) is 6.19. The number of nitrogens with one attached hydrogen (secondary N) is 3. The number of rotatable bonds is 6. The van der Waals surface area contributed by atoms with Gasteiger partial charge in [-0.25, -0.2) is 4.39 Å². The molecule has 0 bridgehead atoms. The Morgan fingerprint density at radius 3 is 3.10 bits per heavy atom. The zero-order valence-corrected chi connectivity index (χ0v) is 16.5. The summed E-state index contributed by atoms with van der Waals surface area (Å²) in [5.41, 5.74) is 1.09. The van der Waals surface area contributed by atoms with E-state index in [1.807, 2.05) is 19.2 Å². The fourth-order valence-corrected chi connectivity index (χ4v) is 3.58. The lowest BCUT2D eigenvalue weighted by Gasteiger charge is -2.33. The highest BCUT2D eigenvalue weighted by Crippen LogP contribution is 2.27. The molecule has 1 unspecified atom stereocenters. The standard InChI is InChI=1S/C19H22FN9O/c1-2-29-11-13(8-23-29)25-19-26-17-16(14(20)9-22-17)18(27-19)24-12-4-3-7-28(10-12)15(30)5-6-21/h8-9,11-12H,2-5,7,10H2,1H3,(H3,22,24,25,26,27). The van der Waals surface area contributed by atoms with Crippen molar-refractivity contribution in [1.82, 2.24) is 29.6 Å². The molecule has 30 heavy (non-hydrogen) atoms. The zero-order valence-electron chi connectivity index (χ0n) is 16.5. The van der Waals surface area contributed by atoms with Gasteiger partial charge in [0.15, 0.2) is 5.82 Å². The number of hydrogen-bond acceptors (Lipinski definition) is 7. The number of carbonyl (C=O) groups excluding carboxylic acids is 1. The molecule has 0 aromatic carbocycles. The Balaban J connectivity index is 1.58. The summed E-state index contributed by atoms with van der Waals surface area (Å²) in [4.78, 5) is 25.4. The number of aromatic nitrogens is 5. The van der Waals surface area contributed by atoms with Crippen LogP contribution in [0.15, 0.2) is 18.6 Å². The number of halogens is 1. The van der Waals surface area contributed by atoms with Crippen LogP contribution in [0.3, 0.4) is 0 Å². The van der Waals surface area contributed by atoms with Gasteiger partial charge in [0, 0.05) is 38.1 Å². The van der Waals surface area contributed by atoms with Gasteiger partial charge in [-0.1, -0.05) is 0 Å². The van der Waals surface area contributed by atoms with E-state index >= 15 is 0 Å². The van der Waals surface area contributed by atoms with Crippen molar-refractivity contribution in [1.29, 1.82) is 5.26 Å². The van der Waals surface area contributed by atoms with Crippen molar-refractivity contribution >= 4 is 34.4 Å². The Hall–Kier alpha value is -3.68. The number of anilines is 3. The van der Waals surface area contributed by atoms with Crippen molar-refractivity contribution in [3.8, 4) is 6.07 Å². The molecule has 1 amide bonds. The number of amides is 1. The Morgan fingerprint density at radius 2 is 2.33 bits per heavy atom. The monoisotopic (exact) mass is 411 g/mol. The van der Waals surface area contributed by atoms with Gasteiger partial charge in [0.1, 0.15) is 17.9 Å². The first kappa shape index (κ1) is 19.6. The SMILES string of the molecule is CCn1cc(Nc2nc(NC3CCCN(C(=O)CC#N)C3)c3c(F)c[nH]c3n2)cn1. The summed E-state index contributed by atoms with van der Waals surface area (Å²) in [5, 5.41) is 19.6. The number of fused-ring (bicyclic) bond motifs is 1. The maximum absolute atomic E-state index is 14.4. The van der Waals surface area contributed by atoms with E-state index in [4.69, 9.17) is 5.26 Å². The lowest BCUT2D eigenvalue weighted by molar-refractivity contribution is -0.131. The summed E-state index contributed by atoms with van der Waals surface area (Å²) in [6.45, 7) is 3.77. The van der Waals surface area contributed by atoms with Crippen LogP contribution in [-0.2, 0) is 11.3 Å². The maximum Gasteiger partial charge on any atom is 0.236 e. The lowest BCUT2D eigenvalue weighted by Crippen LogP contribution is -2.45. The van der Waals surface area contributed by atoms with Crippen LogP contribution in [0.25, 0.3) is 11.0 Å². The fraction of sp³-hybridized carbons (Fsp3) is 0.421. The van der Waals surface area contributed by atoms with Gasteiger partial charge in [0.25, 0.3) is 0 Å². The molecular weight excluding hydrogens is 389 g/mol. The molecule has 3 aromatic rings. The van der Waals surface area contributed by atoms with Crippen LogP contribution in [0.2, 0.25) is 0 Å². The molecule has 1 atom stereocenters. The van der Waals surface area contributed by atoms with E-state index in [9.17, 15) is 9.18 Å². The van der Waals surface area contributed by atoms with E-state index in [0.29, 0.717) is 30.5 Å². The smallest absolute Gasteiger partial charge is 0.236 e. The molecule has 0 radical (unpaired) electrons. The van der Waals surface area contributed by atoms with Gasteiger partial charge in [-0.05, 0) is 19.8 Å². The predicted octanol–water partition coefficient (Wildman–Crippen LogP) is 2.37. The second-order valence-corrected chi connectivity index (χ2v) is 7.12. The highest BCUT2D eigenvalue weighted by Gasteiger charge is 2.25. The van der Waals surface area contributed by atoms with Crippen molar-refractivity contribution in [3.63, 3.8) is 0 Å². The largest absolute Gasteiger partial charge is 0.365 e. The lowest BCUT2D eigenvalue weighted by atomic mass is 10.1. The van der Waals surface area contributed by atoms with E-state index in [2.05, 4.69) is 30.7 Å². The third-order valence-corrected chi connectivity index (χ3v) is 5.04. The highest BCUT2D eigenvalue weighted by atomic mass is 19.1. The van der Waals surface area contributed by atoms with Crippen molar-refractivity contribution in [2.24, 2.45) is 0 Å². The quantitative estimate of drug-likeness (QED) is 0.568. The molecule has 11 heteroatoms. The first-order valence-corrected chi connectivity index (χ1v) is 9.82. The number of H-pyrrole nitrogens is 1. The number of carbonyl (C=O) groups is 1. The number of nitriles is 1. The minimum atomic E-state index is -0.453. The van der Waals surface area contributed by atoms with Gasteiger partial charge in [0.2, 0.25) is 11.9 Å². The van der Waals surface area contributed by atoms with Crippen LogP contribution in [0, 0.1) is 17.1 Å². The number of aryl methyl sites for hydroxylation is 1. The molecule has 1 aliphatic heterocycles. The van der Waals surface area contributed by atoms with Crippen LogP contribution < -0.4 is 10.6 Å². The molecule has 1 saturated heterocycles. The Bertz CT molecular complexity index is 1100. The van der Waals surface area contributed by atoms with E-state index in [0.717, 1.165) is 25.1 Å². The van der Waals surface area contributed by atoms with Crippen molar-refractivity contribution in [3.05, 3.63) is 24.4 Å². The fourth-order valence-electron chi connectivity index (χ4n) is 3.58. The first-order valence-electron chi connectivity index (χ1n) is 9.82. The molecule has 3 N–H and O–H groups in total. The number of piperidine rings is 1. The number of likely N-dealkylation sites (tertiary alicyclic amines) is 1. The molecule has 4 rings (SSSR count). The van der Waals surface area contributed by atoms with Gasteiger partial charge in [0.05, 0.1) is 23.3 Å². The molecular formula is C19H22FN9O. The second kappa shape index (κ2) is 8.36. The van der Waals surface area contributed by atoms with Crippen molar-refractivity contribution < 1.29 is 9.18 Å². The molecule has 10 nitrogen and oxygen atoms in total. The highest BCUT2D eigenvalue weighted by molar-refractivity contribution is 5.89.